The highest BCUT2D eigenvalue weighted by Crippen LogP contribution is 2.27. The highest BCUT2D eigenvalue weighted by Gasteiger charge is 2.29. The van der Waals surface area contributed by atoms with Crippen molar-refractivity contribution >= 4 is 0 Å². The van der Waals surface area contributed by atoms with Crippen LogP contribution in [0.25, 0.3) is 0 Å². The van der Waals surface area contributed by atoms with E-state index < -0.39 is 0 Å². The topological polar surface area (TPSA) is 35.2 Å². The van der Waals surface area contributed by atoms with Crippen LogP contribution in [0.5, 0.6) is 5.75 Å². The molecule has 1 aromatic carbocycles. The summed E-state index contributed by atoms with van der Waals surface area (Å²) < 4.78 is 19.0. The molecule has 0 saturated carbocycles. The normalized spacial score (nSPS) is 15.5. The third-order valence-electron chi connectivity index (χ3n) is 2.72. The van der Waals surface area contributed by atoms with E-state index in [1.165, 1.54) is 6.07 Å². The summed E-state index contributed by atoms with van der Waals surface area (Å²) >= 11 is 0. The van der Waals surface area contributed by atoms with E-state index in [4.69, 9.17) is 10.5 Å². The molecule has 2 nitrogen and oxygen atoms in total. The molecule has 0 heterocycles. The molecule has 0 aromatic heterocycles. The third-order valence-corrected chi connectivity index (χ3v) is 2.72. The van der Waals surface area contributed by atoms with Crippen LogP contribution in [-0.4, -0.2) is 12.1 Å². The Morgan fingerprint density at radius 2 is 1.88 bits per heavy atom. The molecule has 2 N–H and O–H groups in total. The average molecular weight is 239 g/mol. The number of hydrogen-bond donors (Lipinski definition) is 1. The van der Waals surface area contributed by atoms with Crippen molar-refractivity contribution in [2.75, 3.05) is 0 Å². The number of rotatable bonds is 3. The highest BCUT2D eigenvalue weighted by molar-refractivity contribution is 5.29. The standard InChI is InChI=1S/C14H22FNO/c1-9-8-11(6-7-12(9)15)17-13(10(2)16)14(3,4)5/h6-8,10,13H,16H2,1-5H3. The van der Waals surface area contributed by atoms with Crippen LogP contribution < -0.4 is 10.5 Å². The second-order valence-electron chi connectivity index (χ2n) is 5.67. The van der Waals surface area contributed by atoms with Gasteiger partial charge in [0.1, 0.15) is 17.7 Å². The number of ether oxygens (including phenoxy) is 1. The van der Waals surface area contributed by atoms with Gasteiger partial charge in [-0.15, -0.1) is 0 Å². The zero-order chi connectivity index (χ0) is 13.2. The van der Waals surface area contributed by atoms with Crippen molar-refractivity contribution in [1.29, 1.82) is 0 Å². The van der Waals surface area contributed by atoms with Gasteiger partial charge in [-0.05, 0) is 37.6 Å². The monoisotopic (exact) mass is 239 g/mol. The first kappa shape index (κ1) is 14.0. The van der Waals surface area contributed by atoms with Crippen LogP contribution in [0.1, 0.15) is 33.3 Å². The Morgan fingerprint density at radius 3 is 2.29 bits per heavy atom. The maximum atomic E-state index is 13.1. The third kappa shape index (κ3) is 3.70. The van der Waals surface area contributed by atoms with Crippen LogP contribution in [-0.2, 0) is 0 Å². The second-order valence-corrected chi connectivity index (χ2v) is 5.67. The fraction of sp³-hybridized carbons (Fsp3) is 0.571. The number of hydrogen-bond acceptors (Lipinski definition) is 2. The zero-order valence-electron chi connectivity index (χ0n) is 11.3. The molecule has 1 aromatic rings. The van der Waals surface area contributed by atoms with E-state index >= 15 is 0 Å². The van der Waals surface area contributed by atoms with Gasteiger partial charge in [-0.3, -0.25) is 0 Å². The Morgan fingerprint density at radius 1 is 1.29 bits per heavy atom. The largest absolute Gasteiger partial charge is 0.488 e. The number of nitrogens with two attached hydrogens (primary N) is 1. The Balaban J connectivity index is 2.91. The van der Waals surface area contributed by atoms with E-state index in [1.54, 1.807) is 19.1 Å². The predicted octanol–water partition coefficient (Wildman–Crippen LogP) is 3.27. The summed E-state index contributed by atoms with van der Waals surface area (Å²) in [4.78, 5) is 0. The van der Waals surface area contributed by atoms with E-state index in [0.29, 0.717) is 11.3 Å². The van der Waals surface area contributed by atoms with Gasteiger partial charge in [-0.25, -0.2) is 4.39 Å². The summed E-state index contributed by atoms with van der Waals surface area (Å²) in [5.41, 5.74) is 6.46. The molecule has 2 unspecified atom stereocenters. The lowest BCUT2D eigenvalue weighted by Crippen LogP contribution is -2.45. The lowest BCUT2D eigenvalue weighted by Gasteiger charge is -2.34. The van der Waals surface area contributed by atoms with E-state index in [1.807, 2.05) is 6.92 Å². The molecule has 1 rings (SSSR count). The number of aryl methyl sites for hydroxylation is 1. The number of halogens is 1. The van der Waals surface area contributed by atoms with Crippen molar-refractivity contribution in [2.24, 2.45) is 11.1 Å². The quantitative estimate of drug-likeness (QED) is 0.878. The van der Waals surface area contributed by atoms with E-state index in [2.05, 4.69) is 20.8 Å². The van der Waals surface area contributed by atoms with Gasteiger partial charge in [-0.2, -0.15) is 0 Å². The molecule has 96 valence electrons. The molecular weight excluding hydrogens is 217 g/mol. The molecule has 2 atom stereocenters. The average Bonchev–Trinajstić information content (AvgIpc) is 2.17. The number of benzene rings is 1. The summed E-state index contributed by atoms with van der Waals surface area (Å²) in [5.74, 6) is 0.451. The van der Waals surface area contributed by atoms with Gasteiger partial charge in [0.15, 0.2) is 0 Å². The minimum Gasteiger partial charge on any atom is -0.488 e. The zero-order valence-corrected chi connectivity index (χ0v) is 11.3. The highest BCUT2D eigenvalue weighted by atomic mass is 19.1. The van der Waals surface area contributed by atoms with Crippen molar-refractivity contribution < 1.29 is 9.13 Å². The van der Waals surface area contributed by atoms with Crippen LogP contribution in [0.4, 0.5) is 4.39 Å². The van der Waals surface area contributed by atoms with Crippen LogP contribution in [0.15, 0.2) is 18.2 Å². The molecule has 0 aliphatic rings. The van der Waals surface area contributed by atoms with Gasteiger partial charge in [0.2, 0.25) is 0 Å². The summed E-state index contributed by atoms with van der Waals surface area (Å²) in [7, 11) is 0. The molecule has 3 heteroatoms. The Labute approximate surface area is 103 Å². The molecule has 0 bridgehead atoms. The molecule has 0 aliphatic carbocycles. The van der Waals surface area contributed by atoms with E-state index in [9.17, 15) is 4.39 Å². The molecule has 0 aliphatic heterocycles. The van der Waals surface area contributed by atoms with Crippen LogP contribution in [0.2, 0.25) is 0 Å². The molecule has 0 saturated heterocycles. The van der Waals surface area contributed by atoms with Crippen LogP contribution in [0, 0.1) is 18.2 Å². The molecule has 0 amide bonds. The van der Waals surface area contributed by atoms with Crippen molar-refractivity contribution in [2.45, 2.75) is 46.8 Å². The molecule has 0 radical (unpaired) electrons. The van der Waals surface area contributed by atoms with Crippen LogP contribution >= 0.6 is 0 Å². The van der Waals surface area contributed by atoms with E-state index in [-0.39, 0.29) is 23.4 Å². The first-order valence-electron chi connectivity index (χ1n) is 5.90. The van der Waals surface area contributed by atoms with Crippen LogP contribution in [0.3, 0.4) is 0 Å². The minimum atomic E-state index is -0.217. The van der Waals surface area contributed by atoms with Crippen molar-refractivity contribution in [3.8, 4) is 5.75 Å². The van der Waals surface area contributed by atoms with Gasteiger partial charge in [0.05, 0.1) is 0 Å². The smallest absolute Gasteiger partial charge is 0.126 e. The maximum absolute atomic E-state index is 13.1. The molecule has 17 heavy (non-hydrogen) atoms. The maximum Gasteiger partial charge on any atom is 0.126 e. The van der Waals surface area contributed by atoms with Gasteiger partial charge < -0.3 is 10.5 Å². The first-order valence-corrected chi connectivity index (χ1v) is 5.90. The first-order chi connectivity index (χ1) is 7.71. The predicted molar refractivity (Wildman–Crippen MR) is 68.7 cm³/mol. The van der Waals surface area contributed by atoms with Crippen molar-refractivity contribution in [3.05, 3.63) is 29.6 Å². The summed E-state index contributed by atoms with van der Waals surface area (Å²) in [6.07, 6.45) is -0.104. The summed E-state index contributed by atoms with van der Waals surface area (Å²) in [6, 6.07) is 4.69. The Kier molecular flexibility index (Phi) is 4.15. The molecule has 0 fully saturated rings. The lowest BCUT2D eigenvalue weighted by molar-refractivity contribution is 0.0683. The SMILES string of the molecule is Cc1cc(OC(C(C)N)C(C)(C)C)ccc1F. The Bertz CT molecular complexity index is 382. The Hall–Kier alpha value is -1.09. The molecular formula is C14H22FNO. The minimum absolute atomic E-state index is 0.0591. The summed E-state index contributed by atoms with van der Waals surface area (Å²) in [5, 5.41) is 0. The van der Waals surface area contributed by atoms with Gasteiger partial charge in [-0.1, -0.05) is 20.8 Å². The summed E-state index contributed by atoms with van der Waals surface area (Å²) in [6.45, 7) is 9.89. The fourth-order valence-electron chi connectivity index (χ4n) is 1.91. The van der Waals surface area contributed by atoms with Gasteiger partial charge in [0, 0.05) is 11.5 Å². The van der Waals surface area contributed by atoms with E-state index in [0.717, 1.165) is 0 Å². The lowest BCUT2D eigenvalue weighted by atomic mass is 9.85. The van der Waals surface area contributed by atoms with Gasteiger partial charge >= 0.3 is 0 Å². The van der Waals surface area contributed by atoms with Crippen molar-refractivity contribution in [1.82, 2.24) is 0 Å². The van der Waals surface area contributed by atoms with Crippen molar-refractivity contribution in [3.63, 3.8) is 0 Å². The fourth-order valence-corrected chi connectivity index (χ4v) is 1.91. The second kappa shape index (κ2) is 5.05. The molecule has 0 spiro atoms. The van der Waals surface area contributed by atoms with Gasteiger partial charge in [0.25, 0.3) is 0 Å².